The first-order valence-electron chi connectivity index (χ1n) is 8.06. The molecule has 0 unspecified atom stereocenters. The average molecular weight is 315 g/mol. The maximum Gasteiger partial charge on any atom is 0.139 e. The van der Waals surface area contributed by atoms with Crippen LogP contribution in [0.5, 0.6) is 0 Å². The van der Waals surface area contributed by atoms with E-state index in [4.69, 9.17) is 4.74 Å². The zero-order chi connectivity index (χ0) is 16.1. The van der Waals surface area contributed by atoms with Crippen molar-refractivity contribution in [3.8, 4) is 0 Å². The number of hydrogen-bond acceptors (Lipinski definition) is 3. The highest BCUT2D eigenvalue weighted by Gasteiger charge is 2.31. The number of rotatable bonds is 6. The lowest BCUT2D eigenvalue weighted by Gasteiger charge is -2.19. The highest BCUT2D eigenvalue weighted by molar-refractivity contribution is 5.48. The van der Waals surface area contributed by atoms with E-state index in [1.807, 2.05) is 18.5 Å². The summed E-state index contributed by atoms with van der Waals surface area (Å²) in [6.45, 7) is 4.50. The second kappa shape index (κ2) is 7.53. The molecule has 1 N–H and O–H groups in total. The van der Waals surface area contributed by atoms with Gasteiger partial charge in [-0.15, -0.1) is 0 Å². The van der Waals surface area contributed by atoms with Gasteiger partial charge in [0.15, 0.2) is 0 Å². The van der Waals surface area contributed by atoms with Gasteiger partial charge in [0.05, 0.1) is 0 Å². The van der Waals surface area contributed by atoms with E-state index in [9.17, 15) is 4.39 Å². The lowest BCUT2D eigenvalue weighted by molar-refractivity contribution is 0.0896. The summed E-state index contributed by atoms with van der Waals surface area (Å²) in [7, 11) is 0. The Balaban J connectivity index is 1.56. The summed E-state index contributed by atoms with van der Waals surface area (Å²) in [4.78, 5) is 4.45. The predicted octanol–water partition coefficient (Wildman–Crippen LogP) is 3.18. The van der Waals surface area contributed by atoms with Crippen LogP contribution < -0.4 is 5.32 Å². The molecule has 0 radical (unpaired) electrons. The van der Waals surface area contributed by atoms with Gasteiger partial charge in [-0.2, -0.15) is 0 Å². The van der Waals surface area contributed by atoms with Crippen LogP contribution in [0, 0.1) is 5.82 Å². The number of ether oxygens (including phenoxy) is 1. The summed E-state index contributed by atoms with van der Waals surface area (Å²) in [6, 6.07) is 6.74. The van der Waals surface area contributed by atoms with Gasteiger partial charge in [-0.05, 0) is 31.0 Å². The van der Waals surface area contributed by atoms with Crippen LogP contribution in [0.2, 0.25) is 0 Å². The highest BCUT2D eigenvalue weighted by Crippen LogP contribution is 2.28. The molecule has 0 spiro atoms. The van der Waals surface area contributed by atoms with Crippen LogP contribution in [0.15, 0.2) is 42.7 Å². The van der Waals surface area contributed by atoms with Crippen molar-refractivity contribution in [3.05, 3.63) is 59.9 Å². The number of benzene rings is 1. The molecule has 0 bridgehead atoms. The smallest absolute Gasteiger partial charge is 0.139 e. The van der Waals surface area contributed by atoms with Gasteiger partial charge in [-0.1, -0.05) is 24.3 Å². The minimum Gasteiger partial charge on any atom is -0.369 e. The summed E-state index contributed by atoms with van der Waals surface area (Å²) in [5, 5.41) is 3.51. The van der Waals surface area contributed by atoms with Gasteiger partial charge in [0.1, 0.15) is 17.7 Å². The number of aromatic nitrogens is 2. The Morgan fingerprint density at radius 1 is 1.39 bits per heavy atom. The summed E-state index contributed by atoms with van der Waals surface area (Å²) >= 11 is 0. The van der Waals surface area contributed by atoms with Gasteiger partial charge in [0.2, 0.25) is 0 Å². The molecule has 4 nitrogen and oxygen atoms in total. The lowest BCUT2D eigenvalue weighted by atomic mass is 10.1. The van der Waals surface area contributed by atoms with Crippen molar-refractivity contribution >= 4 is 6.08 Å². The van der Waals surface area contributed by atoms with Crippen LogP contribution in [0.4, 0.5) is 4.39 Å². The summed E-state index contributed by atoms with van der Waals surface area (Å²) in [5.74, 6) is 0.780. The third kappa shape index (κ3) is 3.86. The molecule has 0 amide bonds. The second-order valence-corrected chi connectivity index (χ2v) is 5.62. The minimum atomic E-state index is -0.211. The maximum absolute atomic E-state index is 12.9. The first-order chi connectivity index (χ1) is 11.3. The van der Waals surface area contributed by atoms with E-state index in [0.29, 0.717) is 0 Å². The van der Waals surface area contributed by atoms with Crippen LogP contribution >= 0.6 is 0 Å². The normalized spacial score (nSPS) is 21.3. The Kier molecular flexibility index (Phi) is 5.20. The van der Waals surface area contributed by atoms with Gasteiger partial charge in [-0.25, -0.2) is 9.37 Å². The molecule has 2 atom stereocenters. The fraction of sp³-hybridized carbons (Fsp3) is 0.389. The van der Waals surface area contributed by atoms with Crippen molar-refractivity contribution in [2.75, 3.05) is 13.2 Å². The molecule has 5 heteroatoms. The van der Waals surface area contributed by atoms with Crippen LogP contribution in [0.3, 0.4) is 0 Å². The van der Waals surface area contributed by atoms with Gasteiger partial charge < -0.3 is 14.6 Å². The fourth-order valence-corrected chi connectivity index (χ4v) is 2.89. The lowest BCUT2D eigenvalue weighted by Crippen LogP contribution is -2.33. The van der Waals surface area contributed by atoms with Crippen molar-refractivity contribution < 1.29 is 9.13 Å². The first kappa shape index (κ1) is 15.9. The molecule has 1 aromatic carbocycles. The van der Waals surface area contributed by atoms with Gasteiger partial charge in [-0.3, -0.25) is 0 Å². The monoisotopic (exact) mass is 315 g/mol. The Morgan fingerprint density at radius 2 is 2.22 bits per heavy atom. The first-order valence-corrected chi connectivity index (χ1v) is 8.06. The number of aryl methyl sites for hydroxylation is 1. The van der Waals surface area contributed by atoms with E-state index in [1.54, 1.807) is 12.1 Å². The van der Waals surface area contributed by atoms with Gasteiger partial charge in [0.25, 0.3) is 0 Å². The molecule has 1 aliphatic heterocycles. The van der Waals surface area contributed by atoms with E-state index in [2.05, 4.69) is 27.9 Å². The van der Waals surface area contributed by atoms with Crippen molar-refractivity contribution in [2.45, 2.75) is 32.0 Å². The largest absolute Gasteiger partial charge is 0.369 e. The van der Waals surface area contributed by atoms with Crippen LogP contribution in [-0.4, -0.2) is 28.7 Å². The Hall–Kier alpha value is -1.98. The molecule has 0 aliphatic carbocycles. The number of hydrogen-bond donors (Lipinski definition) is 1. The Morgan fingerprint density at radius 3 is 3.00 bits per heavy atom. The average Bonchev–Trinajstić information content (AvgIpc) is 3.21. The molecular formula is C18H22FN3O. The fourth-order valence-electron chi connectivity index (χ4n) is 2.89. The molecule has 2 aromatic rings. The zero-order valence-corrected chi connectivity index (χ0v) is 13.3. The van der Waals surface area contributed by atoms with Crippen molar-refractivity contribution in [2.24, 2.45) is 0 Å². The quantitative estimate of drug-likeness (QED) is 0.890. The standard InChI is InChI=1S/C18H22FN3O/c1-2-22-12-11-21-18(22)17-16(9-13-23-17)20-10-3-4-14-5-7-15(19)8-6-14/h3-8,11-12,16-17,20H,2,9-10,13H2,1H3/b4-3+/t16-,17-/m0/s1. The molecule has 23 heavy (non-hydrogen) atoms. The number of nitrogens with zero attached hydrogens (tertiary/aromatic N) is 2. The zero-order valence-electron chi connectivity index (χ0n) is 13.3. The summed E-state index contributed by atoms with van der Waals surface area (Å²) < 4.78 is 20.9. The van der Waals surface area contributed by atoms with E-state index in [-0.39, 0.29) is 18.0 Å². The molecule has 3 rings (SSSR count). The Labute approximate surface area is 136 Å². The van der Waals surface area contributed by atoms with Crippen molar-refractivity contribution in [1.82, 2.24) is 14.9 Å². The second-order valence-electron chi connectivity index (χ2n) is 5.62. The third-order valence-corrected chi connectivity index (χ3v) is 4.11. The number of imidazole rings is 1. The molecule has 122 valence electrons. The number of nitrogens with one attached hydrogen (secondary N) is 1. The van der Waals surface area contributed by atoms with E-state index >= 15 is 0 Å². The molecular weight excluding hydrogens is 293 g/mol. The van der Waals surface area contributed by atoms with Gasteiger partial charge in [0, 0.05) is 38.1 Å². The van der Waals surface area contributed by atoms with Crippen LogP contribution in [0.25, 0.3) is 6.08 Å². The van der Waals surface area contributed by atoms with Crippen molar-refractivity contribution in [1.29, 1.82) is 0 Å². The number of halogens is 1. The molecule has 1 fully saturated rings. The molecule has 2 heterocycles. The van der Waals surface area contributed by atoms with E-state index in [0.717, 1.165) is 37.5 Å². The van der Waals surface area contributed by atoms with Crippen LogP contribution in [-0.2, 0) is 11.3 Å². The summed E-state index contributed by atoms with van der Waals surface area (Å²) in [5.41, 5.74) is 0.994. The molecule has 1 aromatic heterocycles. The predicted molar refractivity (Wildman–Crippen MR) is 88.4 cm³/mol. The summed E-state index contributed by atoms with van der Waals surface area (Å²) in [6.07, 6.45) is 8.84. The van der Waals surface area contributed by atoms with E-state index in [1.165, 1.54) is 12.1 Å². The third-order valence-electron chi connectivity index (χ3n) is 4.11. The van der Waals surface area contributed by atoms with E-state index < -0.39 is 0 Å². The Bertz CT molecular complexity index is 651. The topological polar surface area (TPSA) is 39.1 Å². The molecule has 1 saturated heterocycles. The van der Waals surface area contributed by atoms with Crippen molar-refractivity contribution in [3.63, 3.8) is 0 Å². The minimum absolute atomic E-state index is 0.00386. The van der Waals surface area contributed by atoms with Crippen LogP contribution in [0.1, 0.15) is 30.8 Å². The molecule has 1 aliphatic rings. The highest BCUT2D eigenvalue weighted by atomic mass is 19.1. The maximum atomic E-state index is 12.9. The SMILES string of the molecule is CCn1ccnc1[C@H]1OCC[C@@H]1NC/C=C/c1ccc(F)cc1. The molecule has 0 saturated carbocycles. The van der Waals surface area contributed by atoms with Gasteiger partial charge >= 0.3 is 0 Å².